The fourth-order valence-corrected chi connectivity index (χ4v) is 4.43. The van der Waals surface area contributed by atoms with E-state index in [0.717, 1.165) is 39.0 Å². The molecule has 0 radical (unpaired) electrons. The lowest BCUT2D eigenvalue weighted by Gasteiger charge is -2.39. The molecule has 2 atom stereocenters. The third-order valence-electron chi connectivity index (χ3n) is 5.76. The zero-order valence-electron chi connectivity index (χ0n) is 13.4. The zero-order valence-corrected chi connectivity index (χ0v) is 14.2. The molecule has 3 aliphatic rings. The summed E-state index contributed by atoms with van der Waals surface area (Å²) in [6, 6.07) is 10.3. The Balaban J connectivity index is 0.00000156. The molecule has 0 spiro atoms. The first-order chi connectivity index (χ1) is 10.8. The number of likely N-dealkylation sites (tertiary alicyclic amines) is 1. The second-order valence-corrected chi connectivity index (χ2v) is 6.95. The minimum Gasteiger partial charge on any atom is -0.381 e. The van der Waals surface area contributed by atoms with Crippen molar-refractivity contribution in [2.75, 3.05) is 39.4 Å². The summed E-state index contributed by atoms with van der Waals surface area (Å²) in [5.41, 5.74) is 0.796. The standard InChI is InChI=1S/C18H24N2O2.ClH/c21-17(20-12-14-10-19-11-15(14)13-20)18(6-8-22-9-7-18)16-4-2-1-3-5-16;/h1-5,14-15,19H,6-13H2;1H/t14-,15+;. The van der Waals surface area contributed by atoms with Crippen molar-refractivity contribution in [2.24, 2.45) is 11.8 Å². The molecule has 3 heterocycles. The molecular formula is C18H25ClN2O2. The minimum absolute atomic E-state index is 0. The maximum atomic E-state index is 13.4. The van der Waals surface area contributed by atoms with Gasteiger partial charge in [0.05, 0.1) is 5.41 Å². The molecule has 0 aromatic heterocycles. The third kappa shape index (κ3) is 2.88. The van der Waals surface area contributed by atoms with Gasteiger partial charge in [0.25, 0.3) is 0 Å². The van der Waals surface area contributed by atoms with Crippen LogP contribution in [0.2, 0.25) is 0 Å². The lowest BCUT2D eigenvalue weighted by Crippen LogP contribution is -2.49. The number of rotatable bonds is 2. The Hall–Kier alpha value is -1.10. The van der Waals surface area contributed by atoms with E-state index in [9.17, 15) is 4.79 Å². The van der Waals surface area contributed by atoms with Crippen LogP contribution in [-0.2, 0) is 14.9 Å². The largest absolute Gasteiger partial charge is 0.381 e. The Morgan fingerprint density at radius 1 is 1.09 bits per heavy atom. The van der Waals surface area contributed by atoms with Crippen LogP contribution in [0.4, 0.5) is 0 Å². The smallest absolute Gasteiger partial charge is 0.233 e. The fraction of sp³-hybridized carbons (Fsp3) is 0.611. The van der Waals surface area contributed by atoms with Crippen LogP contribution in [0, 0.1) is 11.8 Å². The van der Waals surface area contributed by atoms with Crippen molar-refractivity contribution in [1.29, 1.82) is 0 Å². The van der Waals surface area contributed by atoms with Gasteiger partial charge in [-0.05, 0) is 30.2 Å². The van der Waals surface area contributed by atoms with E-state index in [-0.39, 0.29) is 17.8 Å². The third-order valence-corrected chi connectivity index (χ3v) is 5.76. The first-order valence-corrected chi connectivity index (χ1v) is 8.43. The molecule has 23 heavy (non-hydrogen) atoms. The number of carbonyl (C=O) groups excluding carboxylic acids is 1. The molecule has 1 amide bonds. The first-order valence-electron chi connectivity index (χ1n) is 8.43. The number of hydrogen-bond donors (Lipinski definition) is 1. The van der Waals surface area contributed by atoms with E-state index < -0.39 is 0 Å². The zero-order chi connectivity index (χ0) is 15.0. The summed E-state index contributed by atoms with van der Waals surface area (Å²) in [4.78, 5) is 15.5. The molecule has 0 unspecified atom stereocenters. The second-order valence-electron chi connectivity index (χ2n) is 6.95. The van der Waals surface area contributed by atoms with Crippen molar-refractivity contribution in [3.8, 4) is 0 Å². The molecular weight excluding hydrogens is 312 g/mol. The number of ether oxygens (including phenoxy) is 1. The average molecular weight is 337 g/mol. The number of amides is 1. The molecule has 1 aromatic rings. The van der Waals surface area contributed by atoms with Gasteiger partial charge in [-0.25, -0.2) is 0 Å². The van der Waals surface area contributed by atoms with Gasteiger partial charge in [0.2, 0.25) is 5.91 Å². The Morgan fingerprint density at radius 3 is 2.30 bits per heavy atom. The molecule has 3 aliphatic heterocycles. The van der Waals surface area contributed by atoms with Crippen molar-refractivity contribution in [1.82, 2.24) is 10.2 Å². The van der Waals surface area contributed by atoms with E-state index in [2.05, 4.69) is 22.3 Å². The monoisotopic (exact) mass is 336 g/mol. The highest BCUT2D eigenvalue weighted by Crippen LogP contribution is 2.39. The van der Waals surface area contributed by atoms with Crippen LogP contribution in [-0.4, -0.2) is 50.2 Å². The summed E-state index contributed by atoms with van der Waals surface area (Å²) in [5.74, 6) is 1.63. The fourth-order valence-electron chi connectivity index (χ4n) is 4.43. The molecule has 126 valence electrons. The number of nitrogens with zero attached hydrogens (tertiary/aromatic N) is 1. The summed E-state index contributed by atoms with van der Waals surface area (Å²) in [6.45, 7) is 5.34. The van der Waals surface area contributed by atoms with Crippen LogP contribution in [0.1, 0.15) is 18.4 Å². The van der Waals surface area contributed by atoms with Crippen LogP contribution >= 0.6 is 12.4 Å². The number of hydrogen-bond acceptors (Lipinski definition) is 3. The Bertz CT molecular complexity index is 533. The quantitative estimate of drug-likeness (QED) is 0.896. The maximum Gasteiger partial charge on any atom is 0.233 e. The highest BCUT2D eigenvalue weighted by Gasteiger charge is 2.47. The second kappa shape index (κ2) is 6.80. The molecule has 4 rings (SSSR count). The molecule has 0 bridgehead atoms. The van der Waals surface area contributed by atoms with Crippen LogP contribution in [0.25, 0.3) is 0 Å². The van der Waals surface area contributed by atoms with Crippen LogP contribution in [0.5, 0.6) is 0 Å². The van der Waals surface area contributed by atoms with Gasteiger partial charge in [0.15, 0.2) is 0 Å². The lowest BCUT2D eigenvalue weighted by atomic mass is 9.73. The van der Waals surface area contributed by atoms with Gasteiger partial charge in [-0.15, -0.1) is 12.4 Å². The molecule has 1 aromatic carbocycles. The summed E-state index contributed by atoms with van der Waals surface area (Å²) in [5, 5.41) is 3.45. The van der Waals surface area contributed by atoms with E-state index in [4.69, 9.17) is 4.74 Å². The SMILES string of the molecule is Cl.O=C(N1C[C@H]2CNC[C@H]2C1)C1(c2ccccc2)CCOCC1. The van der Waals surface area contributed by atoms with Crippen molar-refractivity contribution < 1.29 is 9.53 Å². The number of carbonyl (C=O) groups is 1. The van der Waals surface area contributed by atoms with E-state index in [1.807, 2.05) is 18.2 Å². The van der Waals surface area contributed by atoms with Crippen LogP contribution < -0.4 is 5.32 Å². The van der Waals surface area contributed by atoms with Crippen molar-refractivity contribution in [2.45, 2.75) is 18.3 Å². The Kier molecular flexibility index (Phi) is 4.95. The van der Waals surface area contributed by atoms with Gasteiger partial charge in [0.1, 0.15) is 0 Å². The van der Waals surface area contributed by atoms with E-state index in [0.29, 0.717) is 31.0 Å². The van der Waals surface area contributed by atoms with E-state index in [1.165, 1.54) is 5.56 Å². The Labute approximate surface area is 144 Å². The van der Waals surface area contributed by atoms with Gasteiger partial charge in [-0.1, -0.05) is 30.3 Å². The minimum atomic E-state index is -0.369. The number of benzene rings is 1. The summed E-state index contributed by atoms with van der Waals surface area (Å²) in [7, 11) is 0. The van der Waals surface area contributed by atoms with Gasteiger partial charge in [0, 0.05) is 39.4 Å². The molecule has 1 N–H and O–H groups in total. The van der Waals surface area contributed by atoms with Crippen LogP contribution in [0.15, 0.2) is 30.3 Å². The van der Waals surface area contributed by atoms with Gasteiger partial charge in [-0.2, -0.15) is 0 Å². The maximum absolute atomic E-state index is 13.4. The van der Waals surface area contributed by atoms with Gasteiger partial charge < -0.3 is 15.0 Å². The molecule has 3 fully saturated rings. The Morgan fingerprint density at radius 2 is 1.70 bits per heavy atom. The van der Waals surface area contributed by atoms with Crippen molar-refractivity contribution in [3.05, 3.63) is 35.9 Å². The van der Waals surface area contributed by atoms with Crippen molar-refractivity contribution >= 4 is 18.3 Å². The predicted octanol–water partition coefficient (Wildman–Crippen LogP) is 1.83. The molecule has 0 saturated carbocycles. The summed E-state index contributed by atoms with van der Waals surface area (Å²) in [6.07, 6.45) is 1.61. The van der Waals surface area contributed by atoms with Gasteiger partial charge in [-0.3, -0.25) is 4.79 Å². The first kappa shape index (κ1) is 16.7. The summed E-state index contributed by atoms with van der Waals surface area (Å²) < 4.78 is 5.55. The summed E-state index contributed by atoms with van der Waals surface area (Å²) >= 11 is 0. The van der Waals surface area contributed by atoms with Crippen molar-refractivity contribution in [3.63, 3.8) is 0 Å². The van der Waals surface area contributed by atoms with Gasteiger partial charge >= 0.3 is 0 Å². The average Bonchev–Trinajstić information content (AvgIpc) is 3.17. The molecule has 3 saturated heterocycles. The van der Waals surface area contributed by atoms with E-state index >= 15 is 0 Å². The topological polar surface area (TPSA) is 41.6 Å². The normalized spacial score (nSPS) is 29.0. The number of nitrogens with one attached hydrogen (secondary N) is 1. The highest BCUT2D eigenvalue weighted by atomic mass is 35.5. The highest BCUT2D eigenvalue weighted by molar-refractivity contribution is 5.88. The van der Waals surface area contributed by atoms with Crippen LogP contribution in [0.3, 0.4) is 0 Å². The number of halogens is 1. The molecule has 5 heteroatoms. The lowest BCUT2D eigenvalue weighted by molar-refractivity contribution is -0.140. The predicted molar refractivity (Wildman–Crippen MR) is 91.9 cm³/mol. The molecule has 0 aliphatic carbocycles. The molecule has 4 nitrogen and oxygen atoms in total. The van der Waals surface area contributed by atoms with E-state index in [1.54, 1.807) is 0 Å². The number of fused-ring (bicyclic) bond motifs is 1.